The largest absolute Gasteiger partial charge is 0.303 e. The van der Waals surface area contributed by atoms with Gasteiger partial charge in [0.25, 0.3) is 0 Å². The smallest absolute Gasteiger partial charge is 0.0406 e. The van der Waals surface area contributed by atoms with Crippen LogP contribution in [0.5, 0.6) is 0 Å². The summed E-state index contributed by atoms with van der Waals surface area (Å²) >= 11 is 0. The van der Waals surface area contributed by atoms with Crippen LogP contribution < -0.4 is 11.3 Å². The third-order valence-electron chi connectivity index (χ3n) is 4.16. The summed E-state index contributed by atoms with van der Waals surface area (Å²) < 4.78 is 0. The third-order valence-corrected chi connectivity index (χ3v) is 4.16. The Balaban J connectivity index is 1.97. The number of piperazine rings is 1. The van der Waals surface area contributed by atoms with E-state index in [0.717, 1.165) is 19.0 Å². The number of rotatable bonds is 3. The summed E-state index contributed by atoms with van der Waals surface area (Å²) in [5.74, 6) is 6.53. The van der Waals surface area contributed by atoms with Crippen LogP contribution in [0.2, 0.25) is 0 Å². The molecular weight excluding hydrogens is 188 g/mol. The molecule has 4 heteroatoms. The van der Waals surface area contributed by atoms with E-state index in [1.807, 2.05) is 0 Å². The van der Waals surface area contributed by atoms with Crippen molar-refractivity contribution in [3.8, 4) is 0 Å². The van der Waals surface area contributed by atoms with Crippen molar-refractivity contribution < 1.29 is 0 Å². The van der Waals surface area contributed by atoms with Crippen molar-refractivity contribution >= 4 is 0 Å². The van der Waals surface area contributed by atoms with E-state index in [1.54, 1.807) is 0 Å². The topological polar surface area (TPSA) is 44.5 Å². The first-order valence-electron chi connectivity index (χ1n) is 6.07. The van der Waals surface area contributed by atoms with Gasteiger partial charge in [0, 0.05) is 31.7 Å². The Labute approximate surface area is 92.8 Å². The second-order valence-corrected chi connectivity index (χ2v) is 5.19. The zero-order valence-corrected chi connectivity index (χ0v) is 9.95. The average Bonchev–Trinajstić information content (AvgIpc) is 2.15. The summed E-state index contributed by atoms with van der Waals surface area (Å²) in [7, 11) is 4.43. The van der Waals surface area contributed by atoms with E-state index in [1.165, 1.54) is 25.8 Å². The molecule has 2 aliphatic rings. The van der Waals surface area contributed by atoms with Crippen LogP contribution in [-0.4, -0.2) is 55.6 Å². The maximum Gasteiger partial charge on any atom is 0.0406 e. The van der Waals surface area contributed by atoms with Crippen LogP contribution in [0, 0.1) is 5.92 Å². The molecule has 0 bridgehead atoms. The van der Waals surface area contributed by atoms with E-state index in [2.05, 4.69) is 29.3 Å². The first-order chi connectivity index (χ1) is 7.22. The van der Waals surface area contributed by atoms with E-state index < -0.39 is 0 Å². The molecule has 1 heterocycles. The first kappa shape index (κ1) is 11.3. The van der Waals surface area contributed by atoms with Gasteiger partial charge >= 0.3 is 0 Å². The SMILES string of the molecule is CN1CCN(C)C(C(NN)C2CCC2)C1. The van der Waals surface area contributed by atoms with Crippen LogP contribution in [0.1, 0.15) is 19.3 Å². The third kappa shape index (κ3) is 2.33. The average molecular weight is 212 g/mol. The zero-order valence-electron chi connectivity index (χ0n) is 9.95. The van der Waals surface area contributed by atoms with Gasteiger partial charge in [-0.1, -0.05) is 6.42 Å². The van der Waals surface area contributed by atoms with Crippen molar-refractivity contribution in [3.63, 3.8) is 0 Å². The molecule has 2 rings (SSSR count). The molecule has 0 aromatic heterocycles. The molecule has 2 atom stereocenters. The number of hydrogen-bond acceptors (Lipinski definition) is 4. The number of hydrogen-bond donors (Lipinski definition) is 2. The number of nitrogens with one attached hydrogen (secondary N) is 1. The van der Waals surface area contributed by atoms with E-state index in [-0.39, 0.29) is 0 Å². The van der Waals surface area contributed by atoms with Crippen LogP contribution in [0.15, 0.2) is 0 Å². The Morgan fingerprint density at radius 2 is 2.00 bits per heavy atom. The molecule has 0 spiro atoms. The summed E-state index contributed by atoms with van der Waals surface area (Å²) in [5.41, 5.74) is 3.06. The molecule has 0 amide bonds. The molecular formula is C11H24N4. The molecule has 0 aromatic carbocycles. The Kier molecular flexibility index (Phi) is 3.61. The van der Waals surface area contributed by atoms with Gasteiger partial charge in [0.1, 0.15) is 0 Å². The molecule has 88 valence electrons. The number of likely N-dealkylation sites (N-methyl/N-ethyl adjacent to an activating group) is 2. The number of hydrazine groups is 1. The molecule has 2 fully saturated rings. The fourth-order valence-electron chi connectivity index (χ4n) is 2.79. The molecule has 1 aliphatic heterocycles. The zero-order chi connectivity index (χ0) is 10.8. The lowest BCUT2D eigenvalue weighted by atomic mass is 9.76. The highest BCUT2D eigenvalue weighted by molar-refractivity contribution is 4.94. The van der Waals surface area contributed by atoms with Gasteiger partial charge in [0.2, 0.25) is 0 Å². The predicted octanol–water partition coefficient (Wildman–Crippen LogP) is -0.136. The van der Waals surface area contributed by atoms with Crippen molar-refractivity contribution in [1.29, 1.82) is 0 Å². The van der Waals surface area contributed by atoms with Crippen molar-refractivity contribution in [2.75, 3.05) is 33.7 Å². The number of nitrogens with zero attached hydrogens (tertiary/aromatic N) is 2. The predicted molar refractivity (Wildman–Crippen MR) is 62.4 cm³/mol. The highest BCUT2D eigenvalue weighted by atomic mass is 15.3. The lowest BCUT2D eigenvalue weighted by Gasteiger charge is -2.46. The van der Waals surface area contributed by atoms with Crippen LogP contribution in [0.4, 0.5) is 0 Å². The monoisotopic (exact) mass is 212 g/mol. The Hall–Kier alpha value is -0.160. The maximum atomic E-state index is 5.73. The van der Waals surface area contributed by atoms with Gasteiger partial charge in [0.15, 0.2) is 0 Å². The molecule has 4 nitrogen and oxygen atoms in total. The lowest BCUT2D eigenvalue weighted by molar-refractivity contribution is 0.0530. The van der Waals surface area contributed by atoms with Gasteiger partial charge in [0.05, 0.1) is 0 Å². The molecule has 3 N–H and O–H groups in total. The fraction of sp³-hybridized carbons (Fsp3) is 1.00. The Bertz CT molecular complexity index is 205. The summed E-state index contributed by atoms with van der Waals surface area (Å²) in [5, 5.41) is 0. The molecule has 1 saturated carbocycles. The van der Waals surface area contributed by atoms with Gasteiger partial charge in [-0.2, -0.15) is 0 Å². The highest BCUT2D eigenvalue weighted by Crippen LogP contribution is 2.32. The summed E-state index contributed by atoms with van der Waals surface area (Å²) in [6.07, 6.45) is 4.08. The summed E-state index contributed by atoms with van der Waals surface area (Å²) in [4.78, 5) is 4.87. The first-order valence-corrected chi connectivity index (χ1v) is 6.07. The Morgan fingerprint density at radius 3 is 2.53 bits per heavy atom. The second kappa shape index (κ2) is 4.78. The molecule has 1 aliphatic carbocycles. The summed E-state index contributed by atoms with van der Waals surface area (Å²) in [6, 6.07) is 1.06. The van der Waals surface area contributed by atoms with Gasteiger partial charge in [-0.15, -0.1) is 0 Å². The lowest BCUT2D eigenvalue weighted by Crippen LogP contribution is -2.62. The fourth-order valence-corrected chi connectivity index (χ4v) is 2.79. The van der Waals surface area contributed by atoms with Crippen molar-refractivity contribution in [2.24, 2.45) is 11.8 Å². The second-order valence-electron chi connectivity index (χ2n) is 5.19. The quantitative estimate of drug-likeness (QED) is 0.505. The normalized spacial score (nSPS) is 32.6. The molecule has 1 saturated heterocycles. The van der Waals surface area contributed by atoms with Crippen LogP contribution in [0.3, 0.4) is 0 Å². The number of nitrogens with two attached hydrogens (primary N) is 1. The van der Waals surface area contributed by atoms with Gasteiger partial charge in [-0.05, 0) is 32.9 Å². The van der Waals surface area contributed by atoms with Crippen molar-refractivity contribution in [2.45, 2.75) is 31.3 Å². The van der Waals surface area contributed by atoms with E-state index >= 15 is 0 Å². The van der Waals surface area contributed by atoms with Crippen LogP contribution in [-0.2, 0) is 0 Å². The van der Waals surface area contributed by atoms with Crippen LogP contribution >= 0.6 is 0 Å². The van der Waals surface area contributed by atoms with Crippen molar-refractivity contribution in [3.05, 3.63) is 0 Å². The van der Waals surface area contributed by atoms with Crippen LogP contribution in [0.25, 0.3) is 0 Å². The maximum absolute atomic E-state index is 5.73. The molecule has 15 heavy (non-hydrogen) atoms. The van der Waals surface area contributed by atoms with E-state index in [9.17, 15) is 0 Å². The van der Waals surface area contributed by atoms with Gasteiger partial charge < -0.3 is 4.90 Å². The van der Waals surface area contributed by atoms with E-state index in [4.69, 9.17) is 5.84 Å². The minimum absolute atomic E-state index is 0.478. The molecule has 2 unspecified atom stereocenters. The van der Waals surface area contributed by atoms with Crippen molar-refractivity contribution in [1.82, 2.24) is 15.2 Å². The minimum Gasteiger partial charge on any atom is -0.303 e. The minimum atomic E-state index is 0.478. The van der Waals surface area contributed by atoms with Gasteiger partial charge in [-0.25, -0.2) is 0 Å². The Morgan fingerprint density at radius 1 is 1.27 bits per heavy atom. The summed E-state index contributed by atoms with van der Waals surface area (Å²) in [6.45, 7) is 3.48. The molecule has 0 radical (unpaired) electrons. The highest BCUT2D eigenvalue weighted by Gasteiger charge is 2.36. The molecule has 0 aromatic rings. The van der Waals surface area contributed by atoms with E-state index in [0.29, 0.717) is 12.1 Å². The van der Waals surface area contributed by atoms with Gasteiger partial charge in [-0.3, -0.25) is 16.2 Å². The standard InChI is InChI=1S/C11H24N4/c1-14-6-7-15(2)10(8-14)11(13-12)9-4-3-5-9/h9-11,13H,3-8,12H2,1-2H3.